The van der Waals surface area contributed by atoms with Crippen LogP contribution in [0, 0.1) is 18.8 Å². The third kappa shape index (κ3) is 4.01. The van der Waals surface area contributed by atoms with Gasteiger partial charge in [-0.25, -0.2) is 4.79 Å². The predicted octanol–water partition coefficient (Wildman–Crippen LogP) is 5.61. The Bertz CT molecular complexity index is 1040. The minimum Gasteiger partial charge on any atom is -0.477 e. The monoisotopic (exact) mass is 404 g/mol. The summed E-state index contributed by atoms with van der Waals surface area (Å²) in [5.41, 5.74) is 4.60. The SMILES string of the molecule is Cc1ccc(Cn2c(C(=O)O)c(CNC3CCCC(C)C3C)c3ccccc32)cc1. The summed E-state index contributed by atoms with van der Waals surface area (Å²) >= 11 is 0. The Morgan fingerprint density at radius 1 is 1.10 bits per heavy atom. The number of hydrogen-bond donors (Lipinski definition) is 2. The van der Waals surface area contributed by atoms with E-state index in [-0.39, 0.29) is 0 Å². The highest BCUT2D eigenvalue weighted by Gasteiger charge is 2.28. The van der Waals surface area contributed by atoms with Gasteiger partial charge in [0.05, 0.1) is 0 Å². The van der Waals surface area contributed by atoms with Crippen molar-refractivity contribution < 1.29 is 9.90 Å². The largest absolute Gasteiger partial charge is 0.477 e. The Morgan fingerprint density at radius 3 is 2.57 bits per heavy atom. The summed E-state index contributed by atoms with van der Waals surface area (Å²) in [4.78, 5) is 12.4. The van der Waals surface area contributed by atoms with Crippen LogP contribution in [-0.2, 0) is 13.1 Å². The number of aryl methyl sites for hydroxylation is 1. The number of nitrogens with zero attached hydrogens (tertiary/aromatic N) is 1. The lowest BCUT2D eigenvalue weighted by Crippen LogP contribution is -2.40. The van der Waals surface area contributed by atoms with Crippen LogP contribution in [0.15, 0.2) is 48.5 Å². The van der Waals surface area contributed by atoms with Gasteiger partial charge in [-0.2, -0.15) is 0 Å². The van der Waals surface area contributed by atoms with Crippen molar-refractivity contribution in [2.24, 2.45) is 11.8 Å². The van der Waals surface area contributed by atoms with Crippen molar-refractivity contribution in [1.29, 1.82) is 0 Å². The predicted molar refractivity (Wildman–Crippen MR) is 122 cm³/mol. The van der Waals surface area contributed by atoms with Gasteiger partial charge in [0.25, 0.3) is 0 Å². The normalized spacial score (nSPS) is 21.8. The van der Waals surface area contributed by atoms with Gasteiger partial charge in [0.2, 0.25) is 0 Å². The Morgan fingerprint density at radius 2 is 1.83 bits per heavy atom. The number of benzene rings is 2. The van der Waals surface area contributed by atoms with Crippen LogP contribution < -0.4 is 5.32 Å². The Balaban J connectivity index is 1.71. The van der Waals surface area contributed by atoms with E-state index >= 15 is 0 Å². The lowest BCUT2D eigenvalue weighted by molar-refractivity contribution is 0.0684. The van der Waals surface area contributed by atoms with E-state index in [0.29, 0.717) is 36.7 Å². The first-order chi connectivity index (χ1) is 14.5. The number of carboxylic acid groups (broad SMARTS) is 1. The van der Waals surface area contributed by atoms with E-state index in [9.17, 15) is 9.90 Å². The lowest BCUT2D eigenvalue weighted by atomic mass is 9.78. The first-order valence-electron chi connectivity index (χ1n) is 11.1. The molecule has 4 heteroatoms. The molecule has 0 saturated heterocycles. The highest BCUT2D eigenvalue weighted by Crippen LogP contribution is 2.31. The van der Waals surface area contributed by atoms with Crippen LogP contribution in [0.2, 0.25) is 0 Å². The van der Waals surface area contributed by atoms with Crippen molar-refractivity contribution >= 4 is 16.9 Å². The average molecular weight is 405 g/mol. The second-order valence-electron chi connectivity index (χ2n) is 8.98. The lowest BCUT2D eigenvalue weighted by Gasteiger charge is -2.34. The first-order valence-corrected chi connectivity index (χ1v) is 11.1. The van der Waals surface area contributed by atoms with Gasteiger partial charge in [-0.1, -0.05) is 74.7 Å². The second kappa shape index (κ2) is 8.65. The third-order valence-corrected chi connectivity index (χ3v) is 6.99. The average Bonchev–Trinajstić information content (AvgIpc) is 3.04. The first kappa shape index (κ1) is 20.7. The van der Waals surface area contributed by atoms with E-state index in [2.05, 4.69) is 56.4 Å². The molecule has 4 rings (SSSR count). The molecule has 2 N–H and O–H groups in total. The molecule has 158 valence electrons. The number of fused-ring (bicyclic) bond motifs is 1. The minimum absolute atomic E-state index is 0.404. The molecule has 0 bridgehead atoms. The van der Waals surface area contributed by atoms with Crippen molar-refractivity contribution in [3.8, 4) is 0 Å². The molecule has 30 heavy (non-hydrogen) atoms. The van der Waals surface area contributed by atoms with Gasteiger partial charge in [0.15, 0.2) is 0 Å². The second-order valence-corrected chi connectivity index (χ2v) is 8.98. The maximum Gasteiger partial charge on any atom is 0.352 e. The molecule has 4 nitrogen and oxygen atoms in total. The van der Waals surface area contributed by atoms with Crippen LogP contribution in [0.4, 0.5) is 0 Å². The van der Waals surface area contributed by atoms with Crippen LogP contribution in [0.1, 0.15) is 60.3 Å². The highest BCUT2D eigenvalue weighted by molar-refractivity contribution is 5.98. The molecule has 1 aliphatic rings. The molecule has 1 saturated carbocycles. The molecule has 3 unspecified atom stereocenters. The van der Waals surface area contributed by atoms with E-state index in [1.165, 1.54) is 18.4 Å². The van der Waals surface area contributed by atoms with Crippen molar-refractivity contribution in [2.45, 2.75) is 59.2 Å². The number of aromatic nitrogens is 1. The number of hydrogen-bond acceptors (Lipinski definition) is 2. The highest BCUT2D eigenvalue weighted by atomic mass is 16.4. The summed E-state index contributed by atoms with van der Waals surface area (Å²) in [5.74, 6) is 0.450. The Kier molecular flexibility index (Phi) is 5.96. The van der Waals surface area contributed by atoms with Crippen molar-refractivity contribution in [3.05, 3.63) is 70.9 Å². The number of para-hydroxylation sites is 1. The molecule has 2 aromatic carbocycles. The van der Waals surface area contributed by atoms with E-state index in [1.54, 1.807) is 0 Å². The minimum atomic E-state index is -0.861. The van der Waals surface area contributed by atoms with E-state index in [0.717, 1.165) is 28.5 Å². The maximum atomic E-state index is 12.4. The van der Waals surface area contributed by atoms with Gasteiger partial charge in [-0.3, -0.25) is 0 Å². The zero-order chi connectivity index (χ0) is 21.3. The molecule has 3 atom stereocenters. The molecular formula is C26H32N2O2. The fourth-order valence-corrected chi connectivity index (χ4v) is 4.94. The molecule has 1 fully saturated rings. The number of carbonyl (C=O) groups is 1. The molecule has 1 aliphatic carbocycles. The zero-order valence-electron chi connectivity index (χ0n) is 18.2. The fourth-order valence-electron chi connectivity index (χ4n) is 4.94. The van der Waals surface area contributed by atoms with Crippen LogP contribution >= 0.6 is 0 Å². The smallest absolute Gasteiger partial charge is 0.352 e. The Hall–Kier alpha value is -2.59. The number of aromatic carboxylic acids is 1. The summed E-state index contributed by atoms with van der Waals surface area (Å²) in [7, 11) is 0. The summed E-state index contributed by atoms with van der Waals surface area (Å²) in [6.45, 7) is 7.85. The molecule has 1 heterocycles. The third-order valence-electron chi connectivity index (χ3n) is 6.99. The molecular weight excluding hydrogens is 372 g/mol. The van der Waals surface area contributed by atoms with Gasteiger partial charge >= 0.3 is 5.97 Å². The van der Waals surface area contributed by atoms with Crippen LogP contribution in [0.5, 0.6) is 0 Å². The summed E-state index contributed by atoms with van der Waals surface area (Å²) < 4.78 is 1.96. The Labute approximate surface area is 178 Å². The van der Waals surface area contributed by atoms with Gasteiger partial charge in [-0.05, 0) is 36.8 Å². The van der Waals surface area contributed by atoms with E-state index < -0.39 is 5.97 Å². The maximum absolute atomic E-state index is 12.4. The van der Waals surface area contributed by atoms with Gasteiger partial charge in [0.1, 0.15) is 5.69 Å². The summed E-state index contributed by atoms with van der Waals surface area (Å²) in [6, 6.07) is 16.8. The molecule has 0 amide bonds. The topological polar surface area (TPSA) is 54.3 Å². The summed E-state index contributed by atoms with van der Waals surface area (Å²) in [6.07, 6.45) is 3.69. The quantitative estimate of drug-likeness (QED) is 0.561. The molecule has 3 aromatic rings. The van der Waals surface area contributed by atoms with Crippen LogP contribution in [-0.4, -0.2) is 21.7 Å². The number of rotatable bonds is 6. The van der Waals surface area contributed by atoms with Crippen molar-refractivity contribution in [2.75, 3.05) is 0 Å². The number of nitrogens with one attached hydrogen (secondary N) is 1. The molecule has 0 aliphatic heterocycles. The molecule has 1 aromatic heterocycles. The zero-order valence-corrected chi connectivity index (χ0v) is 18.2. The van der Waals surface area contributed by atoms with Crippen LogP contribution in [0.3, 0.4) is 0 Å². The van der Waals surface area contributed by atoms with Gasteiger partial charge in [-0.15, -0.1) is 0 Å². The standard InChI is InChI=1S/C26H32N2O2/c1-17-11-13-20(14-12-17)16-28-24-10-5-4-8-21(24)22(25(28)26(29)30)15-27-23-9-6-7-18(2)19(23)3/h4-5,8,10-14,18-19,23,27H,6-7,9,15-16H2,1-3H3,(H,29,30). The van der Waals surface area contributed by atoms with Crippen molar-refractivity contribution in [3.63, 3.8) is 0 Å². The van der Waals surface area contributed by atoms with E-state index in [4.69, 9.17) is 0 Å². The van der Waals surface area contributed by atoms with Crippen molar-refractivity contribution in [1.82, 2.24) is 9.88 Å². The molecule has 0 spiro atoms. The summed E-state index contributed by atoms with van der Waals surface area (Å²) in [5, 5.41) is 14.9. The fraction of sp³-hybridized carbons (Fsp3) is 0.423. The van der Waals surface area contributed by atoms with E-state index in [1.807, 2.05) is 22.8 Å². The molecule has 0 radical (unpaired) electrons. The van der Waals surface area contributed by atoms with Crippen LogP contribution in [0.25, 0.3) is 10.9 Å². The number of carboxylic acids is 1. The van der Waals surface area contributed by atoms with Gasteiger partial charge < -0.3 is 15.0 Å². The van der Waals surface area contributed by atoms with Gasteiger partial charge in [0, 0.05) is 35.6 Å².